The summed E-state index contributed by atoms with van der Waals surface area (Å²) < 4.78 is 11.5. The van der Waals surface area contributed by atoms with E-state index in [1.165, 1.54) is 25.9 Å². The highest BCUT2D eigenvalue weighted by Gasteiger charge is 2.15. The van der Waals surface area contributed by atoms with Gasteiger partial charge >= 0.3 is 0 Å². The number of nitrogens with one attached hydrogen (secondary N) is 2. The van der Waals surface area contributed by atoms with Crippen LogP contribution in [0, 0.1) is 5.92 Å². The maximum Gasteiger partial charge on any atom is 0.196 e. The van der Waals surface area contributed by atoms with Gasteiger partial charge in [-0.3, -0.25) is 4.99 Å². The third-order valence-electron chi connectivity index (χ3n) is 5.20. The molecule has 1 aromatic carbocycles. The summed E-state index contributed by atoms with van der Waals surface area (Å²) >= 11 is 0. The molecule has 0 radical (unpaired) electrons. The van der Waals surface area contributed by atoms with E-state index in [1.54, 1.807) is 0 Å². The van der Waals surface area contributed by atoms with E-state index in [2.05, 4.69) is 29.0 Å². The van der Waals surface area contributed by atoms with Crippen molar-refractivity contribution in [3.05, 3.63) is 30.9 Å². The average Bonchev–Trinajstić information content (AvgIpc) is 2.95. The van der Waals surface area contributed by atoms with Crippen molar-refractivity contribution in [3.8, 4) is 11.5 Å². The Bertz CT molecular complexity index is 654. The van der Waals surface area contributed by atoms with Gasteiger partial charge in [0, 0.05) is 31.3 Å². The summed E-state index contributed by atoms with van der Waals surface area (Å²) in [7, 11) is 0. The zero-order chi connectivity index (χ0) is 19.6. The van der Waals surface area contributed by atoms with Gasteiger partial charge in [0.25, 0.3) is 0 Å². The largest absolute Gasteiger partial charge is 0.490 e. The maximum absolute atomic E-state index is 5.78. The standard InChI is InChI=1S/C22H34N4O2/c1-3-10-23-22(24-11-4-12-26-13-8-18(2)9-14-26)25-19-6-7-20-21(17-19)28-16-5-15-27-20/h3,6-7,17-18H,1,4-5,8-16H2,2H3,(H2,23,24,25). The van der Waals surface area contributed by atoms with Crippen LogP contribution in [-0.2, 0) is 0 Å². The molecule has 2 aliphatic heterocycles. The van der Waals surface area contributed by atoms with E-state index in [0.29, 0.717) is 19.8 Å². The lowest BCUT2D eigenvalue weighted by Crippen LogP contribution is -2.34. The summed E-state index contributed by atoms with van der Waals surface area (Å²) in [5.41, 5.74) is 0.935. The molecule has 0 aromatic heterocycles. The Morgan fingerprint density at radius 1 is 1.25 bits per heavy atom. The number of hydrogen-bond donors (Lipinski definition) is 2. The number of fused-ring (bicyclic) bond motifs is 1. The molecule has 0 saturated carbocycles. The Morgan fingerprint density at radius 2 is 2.04 bits per heavy atom. The van der Waals surface area contributed by atoms with Gasteiger partial charge < -0.3 is 25.0 Å². The van der Waals surface area contributed by atoms with Crippen molar-refractivity contribution in [2.75, 3.05) is 51.3 Å². The lowest BCUT2D eigenvalue weighted by atomic mass is 9.99. The highest BCUT2D eigenvalue weighted by molar-refractivity contribution is 5.94. The SMILES string of the molecule is C=CCNC(=NCCCN1CCC(C)CC1)Nc1ccc2c(c1)OCCCO2. The minimum atomic E-state index is 0.667. The first-order valence-corrected chi connectivity index (χ1v) is 10.5. The zero-order valence-electron chi connectivity index (χ0n) is 17.1. The summed E-state index contributed by atoms with van der Waals surface area (Å²) in [6.07, 6.45) is 6.44. The van der Waals surface area contributed by atoms with E-state index in [9.17, 15) is 0 Å². The second-order valence-corrected chi connectivity index (χ2v) is 7.61. The van der Waals surface area contributed by atoms with Gasteiger partial charge in [0.15, 0.2) is 17.5 Å². The lowest BCUT2D eigenvalue weighted by Gasteiger charge is -2.29. The van der Waals surface area contributed by atoms with E-state index < -0.39 is 0 Å². The fraction of sp³-hybridized carbons (Fsp3) is 0.591. The molecule has 6 nitrogen and oxygen atoms in total. The quantitative estimate of drug-likeness (QED) is 0.325. The van der Waals surface area contributed by atoms with Gasteiger partial charge in [-0.1, -0.05) is 13.0 Å². The van der Waals surface area contributed by atoms with Crippen LogP contribution >= 0.6 is 0 Å². The second-order valence-electron chi connectivity index (χ2n) is 7.61. The monoisotopic (exact) mass is 386 g/mol. The molecular weight excluding hydrogens is 352 g/mol. The molecule has 1 fully saturated rings. The van der Waals surface area contributed by atoms with Crippen LogP contribution in [0.4, 0.5) is 5.69 Å². The normalized spacial score (nSPS) is 18.4. The average molecular weight is 387 g/mol. The first-order chi connectivity index (χ1) is 13.7. The van der Waals surface area contributed by atoms with Gasteiger partial charge in [-0.25, -0.2) is 0 Å². The summed E-state index contributed by atoms with van der Waals surface area (Å²) in [6.45, 7) is 12.5. The predicted octanol–water partition coefficient (Wildman–Crippen LogP) is 3.51. The molecule has 0 spiro atoms. The molecule has 1 saturated heterocycles. The fourth-order valence-electron chi connectivity index (χ4n) is 3.46. The van der Waals surface area contributed by atoms with Crippen LogP contribution in [-0.4, -0.2) is 56.8 Å². The van der Waals surface area contributed by atoms with Crippen molar-refractivity contribution in [3.63, 3.8) is 0 Å². The van der Waals surface area contributed by atoms with Crippen LogP contribution in [0.1, 0.15) is 32.6 Å². The van der Waals surface area contributed by atoms with Gasteiger partial charge in [0.2, 0.25) is 0 Å². The van der Waals surface area contributed by atoms with Crippen LogP contribution in [0.25, 0.3) is 0 Å². The Balaban J connectivity index is 1.53. The number of piperidine rings is 1. The Morgan fingerprint density at radius 3 is 2.82 bits per heavy atom. The minimum Gasteiger partial charge on any atom is -0.490 e. The number of likely N-dealkylation sites (tertiary alicyclic amines) is 1. The molecule has 0 atom stereocenters. The second kappa shape index (κ2) is 11.0. The van der Waals surface area contributed by atoms with Gasteiger partial charge in [-0.05, 0) is 56.9 Å². The Hall–Kier alpha value is -2.21. The summed E-state index contributed by atoms with van der Waals surface area (Å²) in [4.78, 5) is 7.29. The van der Waals surface area contributed by atoms with E-state index >= 15 is 0 Å². The van der Waals surface area contributed by atoms with Gasteiger partial charge in [-0.15, -0.1) is 6.58 Å². The zero-order valence-corrected chi connectivity index (χ0v) is 17.1. The first-order valence-electron chi connectivity index (χ1n) is 10.5. The van der Waals surface area contributed by atoms with Crippen LogP contribution in [0.2, 0.25) is 0 Å². The van der Waals surface area contributed by atoms with Crippen molar-refractivity contribution < 1.29 is 9.47 Å². The van der Waals surface area contributed by atoms with Crippen LogP contribution in [0.3, 0.4) is 0 Å². The lowest BCUT2D eigenvalue weighted by molar-refractivity contribution is 0.192. The molecule has 154 valence electrons. The van der Waals surface area contributed by atoms with E-state index in [4.69, 9.17) is 14.5 Å². The van der Waals surface area contributed by atoms with Crippen molar-refractivity contribution >= 4 is 11.6 Å². The van der Waals surface area contributed by atoms with E-state index in [0.717, 1.165) is 55.0 Å². The number of guanidine groups is 1. The van der Waals surface area contributed by atoms with Crippen LogP contribution < -0.4 is 20.1 Å². The summed E-state index contributed by atoms with van der Waals surface area (Å²) in [6, 6.07) is 5.92. The molecule has 0 unspecified atom stereocenters. The molecule has 0 bridgehead atoms. The molecular formula is C22H34N4O2. The predicted molar refractivity (Wildman–Crippen MR) is 116 cm³/mol. The van der Waals surface area contributed by atoms with Crippen LogP contribution in [0.5, 0.6) is 11.5 Å². The van der Waals surface area contributed by atoms with E-state index in [-0.39, 0.29) is 0 Å². The molecule has 2 heterocycles. The molecule has 0 aliphatic carbocycles. The molecule has 28 heavy (non-hydrogen) atoms. The van der Waals surface area contributed by atoms with E-state index in [1.807, 2.05) is 24.3 Å². The number of nitrogens with zero attached hydrogens (tertiary/aromatic N) is 2. The highest BCUT2D eigenvalue weighted by Crippen LogP contribution is 2.32. The third kappa shape index (κ3) is 6.44. The van der Waals surface area contributed by atoms with Crippen LogP contribution in [0.15, 0.2) is 35.8 Å². The fourth-order valence-corrected chi connectivity index (χ4v) is 3.46. The number of ether oxygens (including phenoxy) is 2. The number of hydrogen-bond acceptors (Lipinski definition) is 4. The highest BCUT2D eigenvalue weighted by atomic mass is 16.5. The van der Waals surface area contributed by atoms with Crippen molar-refractivity contribution in [2.45, 2.75) is 32.6 Å². The summed E-state index contributed by atoms with van der Waals surface area (Å²) in [5.74, 6) is 3.23. The van der Waals surface area contributed by atoms with Gasteiger partial charge in [0.1, 0.15) is 0 Å². The van der Waals surface area contributed by atoms with Crippen molar-refractivity contribution in [2.24, 2.45) is 10.9 Å². The molecule has 3 rings (SSSR count). The molecule has 2 N–H and O–H groups in total. The number of benzene rings is 1. The smallest absolute Gasteiger partial charge is 0.196 e. The van der Waals surface area contributed by atoms with Crippen molar-refractivity contribution in [1.29, 1.82) is 0 Å². The topological polar surface area (TPSA) is 58.1 Å². The van der Waals surface area contributed by atoms with Crippen molar-refractivity contribution in [1.82, 2.24) is 10.2 Å². The molecule has 0 amide bonds. The Labute approximate surface area is 169 Å². The number of anilines is 1. The molecule has 1 aromatic rings. The number of rotatable bonds is 7. The summed E-state index contributed by atoms with van der Waals surface area (Å²) in [5, 5.41) is 6.66. The number of aliphatic imine (C=N–C) groups is 1. The Kier molecular flexibility index (Phi) is 8.03. The minimum absolute atomic E-state index is 0.667. The third-order valence-corrected chi connectivity index (χ3v) is 5.20. The van der Waals surface area contributed by atoms with Gasteiger partial charge in [-0.2, -0.15) is 0 Å². The molecule has 6 heteroatoms. The van der Waals surface area contributed by atoms with Gasteiger partial charge in [0.05, 0.1) is 13.2 Å². The molecule has 2 aliphatic rings. The first kappa shape index (κ1) is 20.5. The maximum atomic E-state index is 5.78.